The van der Waals surface area contributed by atoms with E-state index in [-0.39, 0.29) is 12.4 Å². The summed E-state index contributed by atoms with van der Waals surface area (Å²) in [5.41, 5.74) is 6.64. The largest absolute Gasteiger partial charge is 0.463 e. The Kier molecular flexibility index (Phi) is 4.95. The van der Waals surface area contributed by atoms with Crippen molar-refractivity contribution in [2.45, 2.75) is 12.8 Å². The number of anilines is 1. The fourth-order valence-electron chi connectivity index (χ4n) is 2.15. The van der Waals surface area contributed by atoms with E-state index in [1.165, 1.54) is 12.7 Å². The highest BCUT2D eigenvalue weighted by atomic mass is 31.2. The third-order valence-electron chi connectivity index (χ3n) is 3.21. The van der Waals surface area contributed by atoms with Gasteiger partial charge in [0.15, 0.2) is 17.8 Å². The van der Waals surface area contributed by atoms with Gasteiger partial charge >= 0.3 is 7.60 Å². The molecular formula is C14H16N5O5P. The number of hydrogen-bond acceptors (Lipinski definition) is 7. The summed E-state index contributed by atoms with van der Waals surface area (Å²) in [5.74, 6) is 0.734. The number of nitrogen functional groups attached to an aromatic ring is 1. The standard InChI is InChI=1S/C14H16N5O5P/c15-13-12-14(17-7-16-13)19(8-18-12)6-11(23-9-25(20,21)22)24-10-4-2-1-3-5-10/h1-5,7-8,11H,6,9H2,(H2,15,16,17)(H2,20,21,22)/t11-/m1/s1. The average molecular weight is 365 g/mol. The molecule has 25 heavy (non-hydrogen) atoms. The van der Waals surface area contributed by atoms with E-state index >= 15 is 0 Å². The van der Waals surface area contributed by atoms with Crippen molar-refractivity contribution in [3.8, 4) is 5.75 Å². The summed E-state index contributed by atoms with van der Waals surface area (Å²) in [6, 6.07) is 8.79. The van der Waals surface area contributed by atoms with Crippen molar-refractivity contribution in [2.24, 2.45) is 0 Å². The van der Waals surface area contributed by atoms with Gasteiger partial charge in [-0.25, -0.2) is 15.0 Å². The van der Waals surface area contributed by atoms with Gasteiger partial charge in [0.25, 0.3) is 0 Å². The van der Waals surface area contributed by atoms with Crippen LogP contribution in [0.25, 0.3) is 11.2 Å². The number of benzene rings is 1. The van der Waals surface area contributed by atoms with Crippen molar-refractivity contribution in [3.05, 3.63) is 43.0 Å². The molecule has 2 aromatic heterocycles. The molecule has 0 unspecified atom stereocenters. The Morgan fingerprint density at radius 3 is 2.68 bits per heavy atom. The van der Waals surface area contributed by atoms with Gasteiger partial charge in [0.05, 0.1) is 12.9 Å². The van der Waals surface area contributed by atoms with E-state index in [0.717, 1.165) is 0 Å². The number of hydrogen-bond donors (Lipinski definition) is 3. The molecule has 132 valence electrons. The molecule has 0 amide bonds. The second-order valence-corrected chi connectivity index (χ2v) is 6.74. The molecule has 0 aliphatic rings. The zero-order valence-corrected chi connectivity index (χ0v) is 13.9. The Bertz CT molecular complexity index is 897. The minimum atomic E-state index is -4.34. The van der Waals surface area contributed by atoms with Crippen LogP contribution in [-0.4, -0.2) is 41.9 Å². The first-order chi connectivity index (χ1) is 11.9. The SMILES string of the molecule is Nc1ncnc2c1ncn2C[C@H](OCP(=O)(O)O)Oc1ccccc1. The Hall–Kier alpha value is -2.52. The topological polar surface area (TPSA) is 146 Å². The summed E-state index contributed by atoms with van der Waals surface area (Å²) in [6.07, 6.45) is 1.05. The van der Waals surface area contributed by atoms with Gasteiger partial charge in [0.2, 0.25) is 6.29 Å². The zero-order valence-electron chi connectivity index (χ0n) is 13.0. The highest BCUT2D eigenvalue weighted by Crippen LogP contribution is 2.34. The highest BCUT2D eigenvalue weighted by Gasteiger charge is 2.21. The van der Waals surface area contributed by atoms with Crippen LogP contribution in [0.5, 0.6) is 5.75 Å². The Labute approximate surface area is 142 Å². The first-order valence-electron chi connectivity index (χ1n) is 7.21. The van der Waals surface area contributed by atoms with Crippen LogP contribution in [0.3, 0.4) is 0 Å². The molecule has 4 N–H and O–H groups in total. The molecule has 1 aromatic carbocycles. The molecule has 3 rings (SSSR count). The van der Waals surface area contributed by atoms with Crippen molar-refractivity contribution < 1.29 is 23.8 Å². The van der Waals surface area contributed by atoms with E-state index in [4.69, 9.17) is 25.0 Å². The van der Waals surface area contributed by atoms with Gasteiger partial charge < -0.3 is 29.6 Å². The Balaban J connectivity index is 1.82. The molecule has 10 nitrogen and oxygen atoms in total. The van der Waals surface area contributed by atoms with Gasteiger partial charge in [-0.3, -0.25) is 4.57 Å². The second kappa shape index (κ2) is 7.16. The predicted molar refractivity (Wildman–Crippen MR) is 88.6 cm³/mol. The van der Waals surface area contributed by atoms with E-state index < -0.39 is 20.2 Å². The van der Waals surface area contributed by atoms with E-state index in [1.807, 2.05) is 6.07 Å². The number of rotatable bonds is 7. The molecule has 0 aliphatic carbocycles. The maximum atomic E-state index is 11.1. The van der Waals surface area contributed by atoms with Crippen LogP contribution < -0.4 is 10.5 Å². The maximum Gasteiger partial charge on any atom is 0.351 e. The number of nitrogens with zero attached hydrogens (tertiary/aromatic N) is 4. The molecular weight excluding hydrogens is 349 g/mol. The lowest BCUT2D eigenvalue weighted by Crippen LogP contribution is -2.27. The first kappa shape index (κ1) is 17.3. The molecule has 2 heterocycles. The predicted octanol–water partition coefficient (Wildman–Crippen LogP) is 0.965. The van der Waals surface area contributed by atoms with Gasteiger partial charge in [0.1, 0.15) is 17.6 Å². The Morgan fingerprint density at radius 2 is 1.96 bits per heavy atom. The fraction of sp³-hybridized carbons (Fsp3) is 0.214. The van der Waals surface area contributed by atoms with Crippen LogP contribution in [0.1, 0.15) is 0 Å². The monoisotopic (exact) mass is 365 g/mol. The van der Waals surface area contributed by atoms with E-state index in [0.29, 0.717) is 16.9 Å². The zero-order chi connectivity index (χ0) is 17.9. The van der Waals surface area contributed by atoms with Gasteiger partial charge in [-0.2, -0.15) is 0 Å². The summed E-state index contributed by atoms with van der Waals surface area (Å²) in [6.45, 7) is 0.0991. The summed E-state index contributed by atoms with van der Waals surface area (Å²) in [4.78, 5) is 30.2. The summed E-state index contributed by atoms with van der Waals surface area (Å²) < 4.78 is 23.6. The van der Waals surface area contributed by atoms with E-state index in [1.54, 1.807) is 28.8 Å². The lowest BCUT2D eigenvalue weighted by atomic mass is 10.3. The third-order valence-corrected chi connectivity index (χ3v) is 3.70. The molecule has 0 fully saturated rings. The van der Waals surface area contributed by atoms with Crippen LogP contribution in [0.4, 0.5) is 5.82 Å². The molecule has 3 aromatic rings. The van der Waals surface area contributed by atoms with Gasteiger partial charge in [0, 0.05) is 0 Å². The molecule has 0 saturated carbocycles. The molecule has 1 atom stereocenters. The lowest BCUT2D eigenvalue weighted by Gasteiger charge is -2.20. The van der Waals surface area contributed by atoms with Gasteiger partial charge in [-0.15, -0.1) is 0 Å². The maximum absolute atomic E-state index is 11.1. The van der Waals surface area contributed by atoms with Crippen molar-refractivity contribution in [2.75, 3.05) is 12.1 Å². The lowest BCUT2D eigenvalue weighted by molar-refractivity contribution is -0.0756. The highest BCUT2D eigenvalue weighted by molar-refractivity contribution is 7.51. The van der Waals surface area contributed by atoms with Crippen molar-refractivity contribution in [1.29, 1.82) is 0 Å². The minimum absolute atomic E-state index is 0.0991. The number of nitrogens with two attached hydrogens (primary N) is 1. The molecule has 0 saturated heterocycles. The van der Waals surface area contributed by atoms with E-state index in [9.17, 15) is 4.57 Å². The molecule has 0 aliphatic heterocycles. The number of ether oxygens (including phenoxy) is 2. The fourth-order valence-corrected chi connectivity index (χ4v) is 2.51. The smallest absolute Gasteiger partial charge is 0.351 e. The molecule has 11 heteroatoms. The summed E-state index contributed by atoms with van der Waals surface area (Å²) in [7, 11) is -4.34. The molecule has 0 bridgehead atoms. The molecule has 0 radical (unpaired) electrons. The quantitative estimate of drug-likeness (QED) is 0.411. The van der Waals surface area contributed by atoms with Crippen molar-refractivity contribution >= 4 is 24.6 Å². The summed E-state index contributed by atoms with van der Waals surface area (Å²) >= 11 is 0. The first-order valence-corrected chi connectivity index (χ1v) is 9.01. The van der Waals surface area contributed by atoms with Gasteiger partial charge in [-0.05, 0) is 12.1 Å². The van der Waals surface area contributed by atoms with Crippen LogP contribution in [0.2, 0.25) is 0 Å². The average Bonchev–Trinajstić information content (AvgIpc) is 2.97. The van der Waals surface area contributed by atoms with E-state index in [2.05, 4.69) is 15.0 Å². The normalized spacial score (nSPS) is 13.0. The van der Waals surface area contributed by atoms with Crippen molar-refractivity contribution in [3.63, 3.8) is 0 Å². The van der Waals surface area contributed by atoms with Gasteiger partial charge in [-0.1, -0.05) is 18.2 Å². The van der Waals surface area contributed by atoms with Crippen LogP contribution in [-0.2, 0) is 15.8 Å². The number of aromatic nitrogens is 4. The number of fused-ring (bicyclic) bond motifs is 1. The third kappa shape index (κ3) is 4.52. The molecule has 0 spiro atoms. The summed E-state index contributed by atoms with van der Waals surface area (Å²) in [5, 5.41) is 0. The van der Waals surface area contributed by atoms with Crippen LogP contribution in [0.15, 0.2) is 43.0 Å². The Morgan fingerprint density at radius 1 is 1.20 bits per heavy atom. The number of imidazole rings is 1. The number of para-hydroxylation sites is 1. The van der Waals surface area contributed by atoms with Crippen LogP contribution in [0, 0.1) is 0 Å². The minimum Gasteiger partial charge on any atom is -0.463 e. The van der Waals surface area contributed by atoms with Crippen molar-refractivity contribution in [1.82, 2.24) is 19.5 Å². The van der Waals surface area contributed by atoms with Crippen LogP contribution >= 0.6 is 7.60 Å². The second-order valence-electron chi connectivity index (χ2n) is 5.15.